The van der Waals surface area contributed by atoms with Gasteiger partial charge in [-0.3, -0.25) is 4.79 Å². The fourth-order valence-electron chi connectivity index (χ4n) is 0.415. The third kappa shape index (κ3) is 3.96. The van der Waals surface area contributed by atoms with Crippen molar-refractivity contribution in [1.82, 2.24) is 0 Å². The summed E-state index contributed by atoms with van der Waals surface area (Å²) in [6.45, 7) is 9.24. The van der Waals surface area contributed by atoms with Crippen LogP contribution in [0.25, 0.3) is 0 Å². The number of hydrogen-bond acceptors (Lipinski definition) is 2. The highest BCUT2D eigenvalue weighted by Gasteiger charge is 2.26. The Kier molecular flexibility index (Phi) is 4.04. The van der Waals surface area contributed by atoms with Gasteiger partial charge in [0.2, 0.25) is 0 Å². The Morgan fingerprint density at radius 3 is 2.00 bits per heavy atom. The van der Waals surface area contributed by atoms with Crippen molar-refractivity contribution < 1.29 is 9.53 Å². The van der Waals surface area contributed by atoms with E-state index < -0.39 is 11.0 Å². The van der Waals surface area contributed by atoms with Gasteiger partial charge in [-0.15, -0.1) is 0 Å². The number of hydrogen-bond donors (Lipinski definition) is 0. The maximum absolute atomic E-state index is 11.3. The zero-order valence-corrected chi connectivity index (χ0v) is 9.11. The minimum absolute atomic E-state index is 0.151. The Labute approximate surface area is 79.2 Å². The van der Waals surface area contributed by atoms with E-state index in [1.807, 2.05) is 13.8 Å². The quantitative estimate of drug-likeness (QED) is 0.497. The summed E-state index contributed by atoms with van der Waals surface area (Å²) in [5.74, 6) is -0.103. The molecule has 0 rings (SSSR count). The van der Waals surface area contributed by atoms with E-state index in [-0.39, 0.29) is 11.9 Å². The molecule has 0 aliphatic rings. The first-order valence-electron chi connectivity index (χ1n) is 4.10. The molecule has 0 unspecified atom stereocenters. The van der Waals surface area contributed by atoms with Gasteiger partial charge >= 0.3 is 5.97 Å². The molecule has 0 aromatic heterocycles. The van der Waals surface area contributed by atoms with Gasteiger partial charge in [-0.1, -0.05) is 25.4 Å². The van der Waals surface area contributed by atoms with E-state index in [2.05, 4.69) is 0 Å². The summed E-state index contributed by atoms with van der Waals surface area (Å²) in [7, 11) is 0. The van der Waals surface area contributed by atoms with E-state index in [1.54, 1.807) is 20.8 Å². The van der Waals surface area contributed by atoms with Gasteiger partial charge in [0.1, 0.15) is 0 Å². The van der Waals surface area contributed by atoms with E-state index in [9.17, 15) is 4.79 Å². The summed E-state index contributed by atoms with van der Waals surface area (Å²) in [4.78, 5) is 11.3. The van der Waals surface area contributed by atoms with Crippen molar-refractivity contribution in [3.8, 4) is 0 Å². The van der Waals surface area contributed by atoms with Gasteiger partial charge in [0.15, 0.2) is 5.56 Å². The maximum Gasteiger partial charge on any atom is 0.312 e. The van der Waals surface area contributed by atoms with Crippen molar-refractivity contribution in [3.63, 3.8) is 0 Å². The zero-order valence-electron chi connectivity index (χ0n) is 8.35. The van der Waals surface area contributed by atoms with Crippen LogP contribution in [0.3, 0.4) is 0 Å². The molecule has 0 amide bonds. The summed E-state index contributed by atoms with van der Waals surface area (Å²) < 4.78 is 5.00. The average molecular weight is 193 g/mol. The first kappa shape index (κ1) is 11.8. The number of halogens is 1. The minimum Gasteiger partial charge on any atom is -0.445 e. The Morgan fingerprint density at radius 2 is 1.75 bits per heavy atom. The molecule has 0 spiro atoms. The van der Waals surface area contributed by atoms with Crippen LogP contribution in [-0.2, 0) is 9.53 Å². The molecule has 0 bridgehead atoms. The number of alkyl halides is 1. The lowest BCUT2D eigenvalue weighted by atomic mass is 9.97. The number of esters is 1. The van der Waals surface area contributed by atoms with Crippen LogP contribution in [0.4, 0.5) is 0 Å². The second-order valence-electron chi connectivity index (χ2n) is 4.25. The fourth-order valence-corrected chi connectivity index (χ4v) is 0.496. The smallest absolute Gasteiger partial charge is 0.312 e. The highest BCUT2D eigenvalue weighted by molar-refractivity contribution is 6.20. The fraction of sp³-hybridized carbons (Fsp3) is 0.889. The van der Waals surface area contributed by atoms with Gasteiger partial charge < -0.3 is 4.74 Å². The van der Waals surface area contributed by atoms with Crippen LogP contribution in [0.1, 0.15) is 34.6 Å². The lowest BCUT2D eigenvalue weighted by molar-refractivity contribution is -0.156. The molecule has 0 aliphatic heterocycles. The van der Waals surface area contributed by atoms with Gasteiger partial charge in [0.25, 0.3) is 0 Å². The normalized spacial score (nSPS) is 14.6. The summed E-state index contributed by atoms with van der Waals surface area (Å²) in [6, 6.07) is 0. The lowest BCUT2D eigenvalue weighted by Crippen LogP contribution is -2.28. The molecule has 1 atom stereocenters. The van der Waals surface area contributed by atoms with Gasteiger partial charge in [-0.05, 0) is 20.8 Å². The van der Waals surface area contributed by atoms with Crippen molar-refractivity contribution in [2.24, 2.45) is 11.3 Å². The van der Waals surface area contributed by atoms with Crippen LogP contribution in [0.2, 0.25) is 0 Å². The van der Waals surface area contributed by atoms with Crippen molar-refractivity contribution in [2.45, 2.75) is 40.2 Å². The first-order valence-corrected chi connectivity index (χ1v) is 4.54. The molecule has 0 saturated heterocycles. The van der Waals surface area contributed by atoms with E-state index >= 15 is 0 Å². The first-order chi connectivity index (χ1) is 5.25. The zero-order chi connectivity index (χ0) is 9.94. The van der Waals surface area contributed by atoms with E-state index in [0.717, 1.165) is 0 Å². The van der Waals surface area contributed by atoms with Crippen LogP contribution in [0, 0.1) is 11.3 Å². The topological polar surface area (TPSA) is 26.3 Å². The van der Waals surface area contributed by atoms with Gasteiger partial charge in [-0.25, -0.2) is 0 Å². The van der Waals surface area contributed by atoms with Crippen LogP contribution >= 0.6 is 11.6 Å². The molecule has 2 nitrogen and oxygen atoms in total. The van der Waals surface area contributed by atoms with E-state index in [4.69, 9.17) is 16.3 Å². The van der Waals surface area contributed by atoms with Crippen molar-refractivity contribution in [2.75, 3.05) is 0 Å². The molecule has 3 heteroatoms. The second-order valence-corrected chi connectivity index (χ2v) is 4.68. The highest BCUT2D eigenvalue weighted by Crippen LogP contribution is 2.20. The molecular formula is C9H17ClO2. The van der Waals surface area contributed by atoms with Crippen LogP contribution < -0.4 is 0 Å². The number of carbonyl (C=O) groups is 1. The Bertz CT molecular complexity index is 158. The number of ether oxygens (including phenoxy) is 1. The van der Waals surface area contributed by atoms with Crippen LogP contribution in [0.5, 0.6) is 0 Å². The molecule has 0 aliphatic carbocycles. The van der Waals surface area contributed by atoms with E-state index in [1.165, 1.54) is 0 Å². The summed E-state index contributed by atoms with van der Waals surface area (Å²) in [6.07, 6.45) is 0. The number of carbonyl (C=O) groups excluding carboxylic acids is 1. The summed E-state index contributed by atoms with van der Waals surface area (Å²) in [5, 5.41) is 0. The molecular weight excluding hydrogens is 176 g/mol. The highest BCUT2D eigenvalue weighted by atomic mass is 35.5. The van der Waals surface area contributed by atoms with Gasteiger partial charge in [0.05, 0.1) is 5.41 Å². The SMILES string of the molecule is CC(C)[C@H](Cl)OC(=O)C(C)(C)C. The largest absolute Gasteiger partial charge is 0.445 e. The molecule has 0 N–H and O–H groups in total. The Balaban J connectivity index is 4.02. The Hall–Kier alpha value is -0.240. The Morgan fingerprint density at radius 1 is 1.33 bits per heavy atom. The molecule has 12 heavy (non-hydrogen) atoms. The third-order valence-corrected chi connectivity index (χ3v) is 1.95. The van der Waals surface area contributed by atoms with Gasteiger partial charge in [-0.2, -0.15) is 0 Å². The van der Waals surface area contributed by atoms with Gasteiger partial charge in [0, 0.05) is 5.92 Å². The predicted molar refractivity (Wildman–Crippen MR) is 50.0 cm³/mol. The molecule has 0 heterocycles. The van der Waals surface area contributed by atoms with Crippen molar-refractivity contribution in [3.05, 3.63) is 0 Å². The lowest BCUT2D eigenvalue weighted by Gasteiger charge is -2.21. The van der Waals surface area contributed by atoms with E-state index in [0.29, 0.717) is 0 Å². The van der Waals surface area contributed by atoms with Crippen LogP contribution in [-0.4, -0.2) is 11.5 Å². The molecule has 0 radical (unpaired) electrons. The number of rotatable bonds is 2. The molecule has 72 valence electrons. The average Bonchev–Trinajstić information content (AvgIpc) is 1.85. The summed E-state index contributed by atoms with van der Waals surface area (Å²) >= 11 is 5.77. The second kappa shape index (κ2) is 4.13. The molecule has 0 saturated carbocycles. The minimum atomic E-state index is -0.517. The molecule has 0 aromatic rings. The summed E-state index contributed by atoms with van der Waals surface area (Å²) in [5.41, 5.74) is -0.987. The molecule has 0 aromatic carbocycles. The standard InChI is InChI=1S/C9H17ClO2/c1-6(2)7(10)12-8(11)9(3,4)5/h6-7H,1-5H3/t7-/m1/s1. The maximum atomic E-state index is 11.3. The molecule has 0 fully saturated rings. The van der Waals surface area contributed by atoms with Crippen LogP contribution in [0.15, 0.2) is 0 Å². The third-order valence-electron chi connectivity index (χ3n) is 1.36. The monoisotopic (exact) mass is 192 g/mol. The van der Waals surface area contributed by atoms with Crippen molar-refractivity contribution >= 4 is 17.6 Å². The predicted octanol–water partition coefficient (Wildman–Crippen LogP) is 2.80. The van der Waals surface area contributed by atoms with Crippen molar-refractivity contribution in [1.29, 1.82) is 0 Å².